The molecule has 16 heavy (non-hydrogen) atoms. The third kappa shape index (κ3) is 3.37. The topological polar surface area (TPSA) is 31.4 Å². The maximum Gasteiger partial charge on any atom is 0.574 e. The highest BCUT2D eigenvalue weighted by Crippen LogP contribution is 2.36. The average Bonchev–Trinajstić information content (AvgIpc) is 2.18. The zero-order chi connectivity index (χ0) is 12.3. The van der Waals surface area contributed by atoms with Crippen LogP contribution in [-0.2, 0) is 5.33 Å². The van der Waals surface area contributed by atoms with Crippen molar-refractivity contribution in [1.82, 2.24) is 4.98 Å². The van der Waals surface area contributed by atoms with Crippen LogP contribution in [0.25, 0.3) is 0 Å². The summed E-state index contributed by atoms with van der Waals surface area (Å²) in [5.74, 6) is -0.592. The third-order valence-electron chi connectivity index (χ3n) is 1.60. The van der Waals surface area contributed by atoms with Crippen LogP contribution in [0, 0.1) is 3.57 Å². The van der Waals surface area contributed by atoms with Crippen molar-refractivity contribution in [3.8, 4) is 11.6 Å². The van der Waals surface area contributed by atoms with Crippen molar-refractivity contribution >= 4 is 38.5 Å². The number of methoxy groups -OCH3 is 1. The van der Waals surface area contributed by atoms with E-state index in [1.165, 1.54) is 13.3 Å². The molecule has 0 aliphatic rings. The quantitative estimate of drug-likeness (QED) is 0.563. The van der Waals surface area contributed by atoms with Gasteiger partial charge in [0, 0.05) is 20.7 Å². The minimum atomic E-state index is -4.78. The fraction of sp³-hybridized carbons (Fsp3) is 0.375. The van der Waals surface area contributed by atoms with Gasteiger partial charge in [-0.2, -0.15) is 0 Å². The molecule has 0 amide bonds. The van der Waals surface area contributed by atoms with E-state index in [-0.39, 0.29) is 5.75 Å². The number of nitrogens with zero attached hydrogens (tertiary/aromatic N) is 1. The van der Waals surface area contributed by atoms with Gasteiger partial charge in [0.25, 0.3) is 5.88 Å². The number of aromatic nitrogens is 1. The van der Waals surface area contributed by atoms with Gasteiger partial charge in [0.2, 0.25) is 0 Å². The molecular formula is C8H6BrF3INO2. The fourth-order valence-corrected chi connectivity index (χ4v) is 2.66. The van der Waals surface area contributed by atoms with Crippen LogP contribution < -0.4 is 9.47 Å². The van der Waals surface area contributed by atoms with Crippen LogP contribution in [0.4, 0.5) is 13.2 Å². The number of halogens is 5. The van der Waals surface area contributed by atoms with Crippen molar-refractivity contribution in [2.45, 2.75) is 11.7 Å². The Balaban J connectivity index is 3.19. The van der Waals surface area contributed by atoms with E-state index in [4.69, 9.17) is 4.74 Å². The van der Waals surface area contributed by atoms with Crippen LogP contribution >= 0.6 is 38.5 Å². The lowest BCUT2D eigenvalue weighted by molar-refractivity contribution is -0.276. The maximum atomic E-state index is 12.1. The molecule has 0 saturated carbocycles. The van der Waals surface area contributed by atoms with Gasteiger partial charge >= 0.3 is 6.36 Å². The molecule has 0 bridgehead atoms. The largest absolute Gasteiger partial charge is 0.574 e. The summed E-state index contributed by atoms with van der Waals surface area (Å²) in [4.78, 5) is 3.55. The van der Waals surface area contributed by atoms with E-state index < -0.39 is 12.2 Å². The van der Waals surface area contributed by atoms with Crippen LogP contribution in [0.3, 0.4) is 0 Å². The molecule has 0 atom stereocenters. The zero-order valence-corrected chi connectivity index (χ0v) is 11.7. The summed E-state index contributed by atoms with van der Waals surface area (Å²) in [6.45, 7) is 0. The van der Waals surface area contributed by atoms with Gasteiger partial charge < -0.3 is 9.47 Å². The van der Waals surface area contributed by atoms with Gasteiger partial charge in [-0.05, 0) is 22.6 Å². The Kier molecular flexibility index (Phi) is 4.65. The van der Waals surface area contributed by atoms with Crippen LogP contribution in [0.15, 0.2) is 6.20 Å². The van der Waals surface area contributed by atoms with Crippen molar-refractivity contribution in [2.24, 2.45) is 0 Å². The Hall–Kier alpha value is -0.250. The molecule has 0 aromatic carbocycles. The minimum absolute atomic E-state index is 0.0129. The highest BCUT2D eigenvalue weighted by Gasteiger charge is 2.34. The molecule has 0 N–H and O–H groups in total. The van der Waals surface area contributed by atoms with E-state index in [1.807, 2.05) is 22.6 Å². The van der Waals surface area contributed by atoms with Crippen molar-refractivity contribution in [3.05, 3.63) is 15.3 Å². The van der Waals surface area contributed by atoms with E-state index in [0.29, 0.717) is 14.5 Å². The first kappa shape index (κ1) is 13.8. The Bertz CT molecular complexity index is 386. The second-order valence-electron chi connectivity index (χ2n) is 2.60. The Morgan fingerprint density at radius 3 is 2.56 bits per heavy atom. The first-order valence-corrected chi connectivity index (χ1v) is 6.12. The molecule has 0 spiro atoms. The van der Waals surface area contributed by atoms with Gasteiger partial charge in [-0.3, -0.25) is 0 Å². The van der Waals surface area contributed by atoms with Crippen molar-refractivity contribution < 1.29 is 22.6 Å². The van der Waals surface area contributed by atoms with Gasteiger partial charge in [0.1, 0.15) is 0 Å². The smallest absolute Gasteiger partial charge is 0.491 e. The summed E-state index contributed by atoms with van der Waals surface area (Å²) in [5, 5.41) is 0.352. The summed E-state index contributed by atoms with van der Waals surface area (Å²) in [6, 6.07) is 0. The molecular weight excluding hydrogens is 406 g/mol. The van der Waals surface area contributed by atoms with E-state index in [1.54, 1.807) is 0 Å². The molecule has 3 nitrogen and oxygen atoms in total. The predicted octanol–water partition coefficient (Wildman–Crippen LogP) is 3.49. The lowest BCUT2D eigenvalue weighted by Gasteiger charge is -2.14. The molecule has 1 heterocycles. The molecule has 1 aromatic heterocycles. The lowest BCUT2D eigenvalue weighted by atomic mass is 10.3. The van der Waals surface area contributed by atoms with Gasteiger partial charge in [-0.25, -0.2) is 4.98 Å². The molecule has 8 heteroatoms. The molecule has 0 radical (unpaired) electrons. The van der Waals surface area contributed by atoms with Crippen molar-refractivity contribution in [2.75, 3.05) is 7.11 Å². The normalized spacial score (nSPS) is 11.4. The predicted molar refractivity (Wildman–Crippen MR) is 62.8 cm³/mol. The molecule has 0 unspecified atom stereocenters. The Morgan fingerprint density at radius 2 is 2.12 bits per heavy atom. The molecule has 0 saturated heterocycles. The van der Waals surface area contributed by atoms with Crippen molar-refractivity contribution in [3.63, 3.8) is 0 Å². The molecule has 0 aliphatic carbocycles. The first-order chi connectivity index (χ1) is 7.39. The average molecular weight is 412 g/mol. The molecule has 0 fully saturated rings. The minimum Gasteiger partial charge on any atom is -0.491 e. The number of pyridine rings is 1. The summed E-state index contributed by atoms with van der Waals surface area (Å²) in [6.07, 6.45) is -3.49. The SMILES string of the molecule is COc1c(OC(F)(F)F)ncc(I)c1CBr. The molecule has 0 aliphatic heterocycles. The molecule has 1 aromatic rings. The van der Waals surface area contributed by atoms with Crippen LogP contribution in [-0.4, -0.2) is 18.5 Å². The van der Waals surface area contributed by atoms with Gasteiger partial charge in [-0.1, -0.05) is 15.9 Å². The van der Waals surface area contributed by atoms with Crippen molar-refractivity contribution in [1.29, 1.82) is 0 Å². The van der Waals surface area contributed by atoms with E-state index >= 15 is 0 Å². The Labute approximate surface area is 112 Å². The number of ether oxygens (including phenoxy) is 2. The first-order valence-electron chi connectivity index (χ1n) is 3.92. The summed E-state index contributed by atoms with van der Waals surface area (Å²) >= 11 is 5.12. The lowest BCUT2D eigenvalue weighted by Crippen LogP contribution is -2.19. The van der Waals surface area contributed by atoms with Gasteiger partial charge in [0.15, 0.2) is 5.75 Å². The van der Waals surface area contributed by atoms with Crippen LogP contribution in [0.5, 0.6) is 11.6 Å². The number of hydrogen-bond donors (Lipinski definition) is 0. The Morgan fingerprint density at radius 1 is 1.50 bits per heavy atom. The van der Waals surface area contributed by atoms with E-state index in [9.17, 15) is 13.2 Å². The van der Waals surface area contributed by atoms with Gasteiger partial charge in [0.05, 0.1) is 7.11 Å². The monoisotopic (exact) mass is 411 g/mol. The third-order valence-corrected chi connectivity index (χ3v) is 3.09. The fourth-order valence-electron chi connectivity index (χ4n) is 1.01. The van der Waals surface area contributed by atoms with E-state index in [2.05, 4.69) is 25.7 Å². The summed E-state index contributed by atoms with van der Waals surface area (Å²) in [5.41, 5.74) is 0.567. The summed E-state index contributed by atoms with van der Waals surface area (Å²) in [7, 11) is 1.27. The maximum absolute atomic E-state index is 12.1. The molecule has 1 rings (SSSR count). The van der Waals surface area contributed by atoms with Gasteiger partial charge in [-0.15, -0.1) is 13.2 Å². The van der Waals surface area contributed by atoms with Crippen LogP contribution in [0.1, 0.15) is 5.56 Å². The second kappa shape index (κ2) is 5.39. The number of hydrogen-bond acceptors (Lipinski definition) is 3. The highest BCUT2D eigenvalue weighted by atomic mass is 127. The zero-order valence-electron chi connectivity index (χ0n) is 7.94. The second-order valence-corrected chi connectivity index (χ2v) is 4.33. The standard InChI is InChI=1S/C8H6BrF3INO2/c1-15-6-4(2-9)5(13)3-14-7(6)16-8(10,11)12/h3H,2H2,1H3. The van der Waals surface area contributed by atoms with Crippen LogP contribution in [0.2, 0.25) is 0 Å². The van der Waals surface area contributed by atoms with E-state index in [0.717, 1.165) is 0 Å². The summed E-state index contributed by atoms with van der Waals surface area (Å²) < 4.78 is 45.5. The highest BCUT2D eigenvalue weighted by molar-refractivity contribution is 14.1. The number of alkyl halides is 4. The number of rotatable bonds is 3. The molecule has 90 valence electrons.